The summed E-state index contributed by atoms with van der Waals surface area (Å²) in [5, 5.41) is 3.21. The van der Waals surface area contributed by atoms with Crippen LogP contribution in [0.25, 0.3) is 11.1 Å². The van der Waals surface area contributed by atoms with Crippen LogP contribution < -0.4 is 15.0 Å². The van der Waals surface area contributed by atoms with Gasteiger partial charge in [-0.2, -0.15) is 0 Å². The van der Waals surface area contributed by atoms with Crippen molar-refractivity contribution >= 4 is 11.8 Å². The summed E-state index contributed by atoms with van der Waals surface area (Å²) in [6.07, 6.45) is 1.93. The number of morpholine rings is 1. The van der Waals surface area contributed by atoms with Gasteiger partial charge in [0.05, 0.1) is 25.9 Å². The molecule has 4 saturated heterocycles. The summed E-state index contributed by atoms with van der Waals surface area (Å²) in [4.78, 5) is 17.8. The van der Waals surface area contributed by atoms with E-state index in [1.807, 2.05) is 0 Å². The maximum atomic E-state index is 13.0. The topological polar surface area (TPSA) is 63.3 Å². The minimum absolute atomic E-state index is 0.00373. The van der Waals surface area contributed by atoms with Gasteiger partial charge < -0.3 is 24.4 Å². The Balaban J connectivity index is 1.19. The van der Waals surface area contributed by atoms with Gasteiger partial charge in [-0.25, -0.2) is 4.79 Å². The summed E-state index contributed by atoms with van der Waals surface area (Å²) in [6.45, 7) is 13.5. The third kappa shape index (κ3) is 4.91. The summed E-state index contributed by atoms with van der Waals surface area (Å²) in [5.74, 6) is 1.33. The molecule has 0 saturated carbocycles. The molecule has 1 N–H and O–H groups in total. The van der Waals surface area contributed by atoms with Crippen LogP contribution in [0.2, 0.25) is 0 Å². The van der Waals surface area contributed by atoms with Gasteiger partial charge in [-0.3, -0.25) is 4.90 Å². The van der Waals surface area contributed by atoms with Crippen molar-refractivity contribution in [3.63, 3.8) is 0 Å². The number of alkyl carbamates (subject to hydrolysis) is 1. The number of carbonyl (C=O) groups excluding carboxylic acids is 1. The first-order chi connectivity index (χ1) is 17.9. The van der Waals surface area contributed by atoms with E-state index in [1.165, 1.54) is 11.3 Å². The van der Waals surface area contributed by atoms with Crippen molar-refractivity contribution in [1.82, 2.24) is 10.2 Å². The minimum atomic E-state index is -0.317. The Labute approximate surface area is 220 Å². The standard InChI is InChI=1S/C30H39N3O4/c1-20-16-22(5-7-25(20)33-12-14-35-15-13-33)23-4-6-24-26(17-23)36-19-30(2,3)28(24)31-29(34)37-27-18-32-10-8-21(27)9-11-32/h4-7,16-17,21,27-28H,8-15,18-19H2,1-3H3,(H,31,34)/t27-,28?/m0/s1. The zero-order valence-corrected chi connectivity index (χ0v) is 22.3. The van der Waals surface area contributed by atoms with Crippen LogP contribution in [0, 0.1) is 18.3 Å². The van der Waals surface area contributed by atoms with Crippen LogP contribution in [0.5, 0.6) is 5.75 Å². The van der Waals surface area contributed by atoms with Gasteiger partial charge >= 0.3 is 6.09 Å². The van der Waals surface area contributed by atoms with Gasteiger partial charge in [-0.15, -0.1) is 0 Å². The number of hydrogen-bond acceptors (Lipinski definition) is 6. The fourth-order valence-electron chi connectivity index (χ4n) is 6.45. The molecule has 5 aliphatic rings. The number of anilines is 1. The van der Waals surface area contributed by atoms with Crippen LogP contribution in [-0.4, -0.2) is 69.6 Å². The molecule has 1 amide bonds. The number of hydrogen-bond donors (Lipinski definition) is 1. The fourth-order valence-corrected chi connectivity index (χ4v) is 6.45. The van der Waals surface area contributed by atoms with Crippen molar-refractivity contribution in [2.24, 2.45) is 11.3 Å². The molecule has 5 aliphatic heterocycles. The zero-order chi connectivity index (χ0) is 25.6. The number of ether oxygens (including phenoxy) is 3. The molecule has 0 aliphatic carbocycles. The Hall–Kier alpha value is -2.77. The normalized spacial score (nSPS) is 28.2. The van der Waals surface area contributed by atoms with Crippen molar-refractivity contribution in [3.8, 4) is 16.9 Å². The summed E-state index contributed by atoms with van der Waals surface area (Å²) in [6, 6.07) is 12.8. The molecule has 198 valence electrons. The SMILES string of the molecule is Cc1cc(-c2ccc3c(c2)OCC(C)(C)C3NC(=O)O[C@H]2CN3CCC2CC3)ccc1N1CCOCC1. The van der Waals surface area contributed by atoms with Gasteiger partial charge in [-0.05, 0) is 73.7 Å². The molecule has 0 aromatic heterocycles. The van der Waals surface area contributed by atoms with E-state index in [4.69, 9.17) is 14.2 Å². The quantitative estimate of drug-likeness (QED) is 0.645. The first-order valence-electron chi connectivity index (χ1n) is 13.8. The Morgan fingerprint density at radius 2 is 1.76 bits per heavy atom. The molecule has 7 heteroatoms. The highest BCUT2D eigenvalue weighted by Crippen LogP contribution is 2.44. The van der Waals surface area contributed by atoms with E-state index in [2.05, 4.69) is 72.3 Å². The Morgan fingerprint density at radius 1 is 1.03 bits per heavy atom. The number of benzene rings is 2. The zero-order valence-electron chi connectivity index (χ0n) is 22.3. The smallest absolute Gasteiger partial charge is 0.407 e. The minimum Gasteiger partial charge on any atom is -0.493 e. The van der Waals surface area contributed by atoms with Gasteiger partial charge in [0.1, 0.15) is 11.9 Å². The van der Waals surface area contributed by atoms with Crippen LogP contribution in [0.1, 0.15) is 43.9 Å². The number of amides is 1. The second kappa shape index (κ2) is 9.84. The lowest BCUT2D eigenvalue weighted by Gasteiger charge is -2.44. The third-order valence-electron chi connectivity index (χ3n) is 8.70. The number of rotatable bonds is 4. The molecule has 2 bridgehead atoms. The molecule has 37 heavy (non-hydrogen) atoms. The lowest BCUT2D eigenvalue weighted by molar-refractivity contribution is -0.0361. The molecule has 7 rings (SSSR count). The predicted molar refractivity (Wildman–Crippen MR) is 144 cm³/mol. The average molecular weight is 506 g/mol. The molecule has 2 aromatic rings. The summed E-state index contributed by atoms with van der Waals surface area (Å²) in [7, 11) is 0. The molecule has 2 aromatic carbocycles. The first-order valence-corrected chi connectivity index (χ1v) is 13.8. The number of aryl methyl sites for hydroxylation is 1. The number of carbonyl (C=O) groups is 1. The fraction of sp³-hybridized carbons (Fsp3) is 0.567. The molecular formula is C30H39N3O4. The van der Waals surface area contributed by atoms with Gasteiger partial charge in [0.25, 0.3) is 0 Å². The van der Waals surface area contributed by atoms with E-state index in [0.717, 1.165) is 81.2 Å². The molecule has 0 spiro atoms. The molecular weight excluding hydrogens is 466 g/mol. The van der Waals surface area contributed by atoms with Crippen LogP contribution >= 0.6 is 0 Å². The van der Waals surface area contributed by atoms with Crippen molar-refractivity contribution in [1.29, 1.82) is 0 Å². The van der Waals surface area contributed by atoms with Crippen molar-refractivity contribution in [2.75, 3.05) is 57.4 Å². The maximum absolute atomic E-state index is 13.0. The highest BCUT2D eigenvalue weighted by atomic mass is 16.6. The highest BCUT2D eigenvalue weighted by Gasteiger charge is 2.41. The Kier molecular flexibility index (Phi) is 6.53. The number of nitrogens with one attached hydrogen (secondary N) is 1. The van der Waals surface area contributed by atoms with Gasteiger partial charge in [-0.1, -0.05) is 32.0 Å². The molecule has 7 nitrogen and oxygen atoms in total. The van der Waals surface area contributed by atoms with Crippen LogP contribution in [-0.2, 0) is 9.47 Å². The van der Waals surface area contributed by atoms with E-state index in [0.29, 0.717) is 12.5 Å². The summed E-state index contributed by atoms with van der Waals surface area (Å²) < 4.78 is 17.7. The lowest BCUT2D eigenvalue weighted by atomic mass is 9.78. The van der Waals surface area contributed by atoms with Crippen LogP contribution in [0.3, 0.4) is 0 Å². The molecule has 4 fully saturated rings. The number of fused-ring (bicyclic) bond motifs is 4. The van der Waals surface area contributed by atoms with Crippen molar-refractivity contribution in [3.05, 3.63) is 47.5 Å². The third-order valence-corrected chi connectivity index (χ3v) is 8.70. The Morgan fingerprint density at radius 3 is 2.46 bits per heavy atom. The summed E-state index contributed by atoms with van der Waals surface area (Å²) in [5.41, 5.74) is 5.56. The average Bonchev–Trinajstić information content (AvgIpc) is 2.91. The summed E-state index contributed by atoms with van der Waals surface area (Å²) >= 11 is 0. The predicted octanol–water partition coefficient (Wildman–Crippen LogP) is 4.78. The lowest BCUT2D eigenvalue weighted by Crippen LogP contribution is -2.53. The van der Waals surface area contributed by atoms with E-state index in [-0.39, 0.29) is 23.7 Å². The molecule has 2 atom stereocenters. The van der Waals surface area contributed by atoms with Gasteiger partial charge in [0.15, 0.2) is 0 Å². The van der Waals surface area contributed by atoms with E-state index < -0.39 is 0 Å². The number of nitrogens with zero attached hydrogens (tertiary/aromatic N) is 2. The van der Waals surface area contributed by atoms with Crippen molar-refractivity contribution < 1.29 is 19.0 Å². The second-order valence-corrected chi connectivity index (χ2v) is 11.8. The maximum Gasteiger partial charge on any atom is 0.407 e. The molecule has 1 unspecified atom stereocenters. The van der Waals surface area contributed by atoms with Gasteiger partial charge in [0.2, 0.25) is 0 Å². The second-order valence-electron chi connectivity index (χ2n) is 11.8. The van der Waals surface area contributed by atoms with E-state index in [1.54, 1.807) is 0 Å². The van der Waals surface area contributed by atoms with Crippen LogP contribution in [0.4, 0.5) is 10.5 Å². The van der Waals surface area contributed by atoms with E-state index in [9.17, 15) is 4.79 Å². The monoisotopic (exact) mass is 505 g/mol. The molecule has 5 heterocycles. The Bertz CT molecular complexity index is 1150. The van der Waals surface area contributed by atoms with Gasteiger partial charge in [0, 0.05) is 36.3 Å². The molecule has 0 radical (unpaired) electrons. The van der Waals surface area contributed by atoms with Crippen LogP contribution in [0.15, 0.2) is 36.4 Å². The van der Waals surface area contributed by atoms with Crippen molar-refractivity contribution in [2.45, 2.75) is 45.8 Å². The van der Waals surface area contributed by atoms with E-state index >= 15 is 0 Å². The first kappa shape index (κ1) is 24.6. The number of piperidine rings is 3. The largest absolute Gasteiger partial charge is 0.493 e. The highest BCUT2D eigenvalue weighted by molar-refractivity contribution is 5.72.